The molecule has 34 heavy (non-hydrogen) atoms. The lowest BCUT2D eigenvalue weighted by Crippen LogP contribution is -2.66. The van der Waals surface area contributed by atoms with Crippen LogP contribution in [0.4, 0.5) is 0 Å². The molecule has 1 N–H and O–H groups in total. The van der Waals surface area contributed by atoms with Crippen molar-refractivity contribution < 1.29 is 28.9 Å². The van der Waals surface area contributed by atoms with E-state index in [4.69, 9.17) is 14.2 Å². The molecule has 0 radical (unpaired) electrons. The van der Waals surface area contributed by atoms with Crippen LogP contribution in [0, 0.1) is 39.4 Å². The molecule has 6 nitrogen and oxygen atoms in total. The molecule has 0 spiro atoms. The Balaban J connectivity index is 1.68. The van der Waals surface area contributed by atoms with Crippen LogP contribution in [0.15, 0.2) is 11.1 Å². The lowest BCUT2D eigenvalue weighted by molar-refractivity contribution is -0.229. The van der Waals surface area contributed by atoms with Gasteiger partial charge in [0.05, 0.1) is 11.7 Å². The maximum absolute atomic E-state index is 13.2. The van der Waals surface area contributed by atoms with Gasteiger partial charge in [-0.3, -0.25) is 4.79 Å². The van der Waals surface area contributed by atoms with E-state index in [-0.39, 0.29) is 28.8 Å². The molecule has 0 saturated heterocycles. The van der Waals surface area contributed by atoms with Gasteiger partial charge in [-0.1, -0.05) is 41.0 Å². The van der Waals surface area contributed by atoms with Gasteiger partial charge in [-0.05, 0) is 72.5 Å². The van der Waals surface area contributed by atoms with E-state index in [2.05, 4.69) is 34.6 Å². The van der Waals surface area contributed by atoms with E-state index in [1.165, 1.54) is 32.6 Å². The number of hydrogen-bond acceptors (Lipinski definition) is 6. The van der Waals surface area contributed by atoms with Crippen LogP contribution >= 0.6 is 0 Å². The first-order valence-electron chi connectivity index (χ1n) is 13.1. The van der Waals surface area contributed by atoms with Gasteiger partial charge in [-0.2, -0.15) is 0 Å². The van der Waals surface area contributed by atoms with Gasteiger partial charge in [0.25, 0.3) is 0 Å². The summed E-state index contributed by atoms with van der Waals surface area (Å²) in [5.41, 5.74) is 0.718. The highest BCUT2D eigenvalue weighted by Crippen LogP contribution is 2.73. The van der Waals surface area contributed by atoms with E-state index >= 15 is 0 Å². The number of fused-ring (bicyclic) bond motifs is 6. The average Bonchev–Trinajstić information content (AvgIpc) is 3.03. The van der Waals surface area contributed by atoms with Crippen LogP contribution in [0.1, 0.15) is 86.5 Å². The quantitative estimate of drug-likeness (QED) is 0.580. The third-order valence-electron chi connectivity index (χ3n) is 11.4. The van der Waals surface area contributed by atoms with Crippen LogP contribution < -0.4 is 0 Å². The molecule has 0 aromatic rings. The highest BCUT2D eigenvalue weighted by atomic mass is 16.6. The highest BCUT2D eigenvalue weighted by Gasteiger charge is 2.71. The van der Waals surface area contributed by atoms with Crippen molar-refractivity contribution in [3.8, 4) is 0 Å². The van der Waals surface area contributed by atoms with Crippen molar-refractivity contribution in [1.82, 2.24) is 0 Å². The largest absolute Gasteiger partial charge is 0.462 e. The van der Waals surface area contributed by atoms with Crippen LogP contribution in [0.3, 0.4) is 0 Å². The Hall–Kier alpha value is -1.40. The molecule has 0 unspecified atom stereocenters. The molecule has 0 amide bonds. The number of methoxy groups -OCH3 is 1. The number of aliphatic hydroxyl groups excluding tert-OH is 1. The van der Waals surface area contributed by atoms with Crippen molar-refractivity contribution in [2.75, 3.05) is 7.11 Å². The number of rotatable bonds is 2. The molecule has 3 fully saturated rings. The molecule has 4 aliphatic carbocycles. The van der Waals surface area contributed by atoms with Crippen LogP contribution in [0.5, 0.6) is 0 Å². The minimum Gasteiger partial charge on any atom is -0.462 e. The lowest BCUT2D eigenvalue weighted by atomic mass is 9.35. The number of esters is 2. The van der Waals surface area contributed by atoms with Crippen molar-refractivity contribution in [3.05, 3.63) is 11.1 Å². The van der Waals surface area contributed by atoms with Crippen molar-refractivity contribution in [1.29, 1.82) is 0 Å². The van der Waals surface area contributed by atoms with Crippen LogP contribution in [-0.4, -0.2) is 42.7 Å². The average molecular weight is 475 g/mol. The summed E-state index contributed by atoms with van der Waals surface area (Å²) in [6.45, 7) is 13.3. The van der Waals surface area contributed by atoms with Crippen molar-refractivity contribution in [3.63, 3.8) is 0 Å². The van der Waals surface area contributed by atoms with Crippen molar-refractivity contribution >= 4 is 11.9 Å². The van der Waals surface area contributed by atoms with Crippen molar-refractivity contribution in [2.24, 2.45) is 39.4 Å². The van der Waals surface area contributed by atoms with Crippen LogP contribution in [0.25, 0.3) is 0 Å². The first-order valence-corrected chi connectivity index (χ1v) is 13.1. The maximum Gasteiger partial charge on any atom is 0.337 e. The maximum atomic E-state index is 13.2. The smallest absolute Gasteiger partial charge is 0.337 e. The predicted octanol–water partition coefficient (Wildman–Crippen LogP) is 4.78. The Morgan fingerprint density at radius 3 is 2.32 bits per heavy atom. The molecule has 5 rings (SSSR count). The van der Waals surface area contributed by atoms with E-state index in [0.29, 0.717) is 34.8 Å². The number of carbonyl (C=O) groups is 2. The Morgan fingerprint density at radius 1 is 1.00 bits per heavy atom. The number of aliphatic hydroxyl groups is 1. The van der Waals surface area contributed by atoms with Gasteiger partial charge in [0.2, 0.25) is 6.29 Å². The Bertz CT molecular complexity index is 937. The van der Waals surface area contributed by atoms with Gasteiger partial charge in [-0.25, -0.2) is 4.79 Å². The molecule has 1 heterocycles. The second-order valence-corrected chi connectivity index (χ2v) is 13.2. The predicted molar refractivity (Wildman–Crippen MR) is 126 cm³/mol. The normalized spacial score (nSPS) is 49.4. The third kappa shape index (κ3) is 3.00. The van der Waals surface area contributed by atoms with Gasteiger partial charge in [0, 0.05) is 25.0 Å². The molecule has 3 saturated carbocycles. The highest BCUT2D eigenvalue weighted by molar-refractivity contribution is 5.94. The second kappa shape index (κ2) is 7.55. The van der Waals surface area contributed by atoms with Gasteiger partial charge >= 0.3 is 11.9 Å². The molecular weight excluding hydrogens is 432 g/mol. The number of hydrogen-bond donors (Lipinski definition) is 1. The Kier molecular flexibility index (Phi) is 5.40. The lowest BCUT2D eigenvalue weighted by Gasteiger charge is -2.70. The minimum atomic E-state index is -1.29. The summed E-state index contributed by atoms with van der Waals surface area (Å²) in [7, 11) is 1.64. The zero-order valence-corrected chi connectivity index (χ0v) is 21.9. The van der Waals surface area contributed by atoms with E-state index in [1.54, 1.807) is 7.11 Å². The standard InChI is InChI=1S/C28H42O6/c1-15(29)33-20-14-18-26(4)11-8-10-25(2,3)17(26)9-12-27(18,5)19-13-16(32-7)21-22(28(19,20)6)24(31)34-23(21)30/h16-20,23,30H,8-14H2,1-7H3/t16-,17-,18+,19-,20+,23-,26-,27+,28+/m0/s1. The van der Waals surface area contributed by atoms with Gasteiger partial charge in [0.15, 0.2) is 0 Å². The zero-order valence-electron chi connectivity index (χ0n) is 21.9. The molecule has 0 aromatic carbocycles. The van der Waals surface area contributed by atoms with Gasteiger partial charge in [-0.15, -0.1) is 0 Å². The Morgan fingerprint density at radius 2 is 1.68 bits per heavy atom. The fourth-order valence-corrected chi connectivity index (χ4v) is 10.1. The second-order valence-electron chi connectivity index (χ2n) is 13.2. The third-order valence-corrected chi connectivity index (χ3v) is 11.4. The van der Waals surface area contributed by atoms with Gasteiger partial charge in [0.1, 0.15) is 6.10 Å². The summed E-state index contributed by atoms with van der Waals surface area (Å²) >= 11 is 0. The van der Waals surface area contributed by atoms with Gasteiger partial charge < -0.3 is 19.3 Å². The molecule has 6 heteroatoms. The summed E-state index contributed by atoms with van der Waals surface area (Å²) < 4.78 is 17.3. The molecule has 9 atom stereocenters. The molecule has 5 aliphatic rings. The fourth-order valence-electron chi connectivity index (χ4n) is 10.1. The van der Waals surface area contributed by atoms with Crippen LogP contribution in [-0.2, 0) is 23.8 Å². The number of cyclic esters (lactones) is 1. The molecular formula is C28H42O6. The van der Waals surface area contributed by atoms with E-state index < -0.39 is 23.8 Å². The van der Waals surface area contributed by atoms with Crippen LogP contribution in [0.2, 0.25) is 0 Å². The topological polar surface area (TPSA) is 82.1 Å². The number of ether oxygens (including phenoxy) is 3. The monoisotopic (exact) mass is 474 g/mol. The molecule has 0 aromatic heterocycles. The van der Waals surface area contributed by atoms with Crippen molar-refractivity contribution in [2.45, 2.75) is 105 Å². The summed E-state index contributed by atoms with van der Waals surface area (Å²) in [6.07, 6.45) is 5.27. The first kappa shape index (κ1) is 24.3. The summed E-state index contributed by atoms with van der Waals surface area (Å²) in [6, 6.07) is 0. The summed E-state index contributed by atoms with van der Waals surface area (Å²) in [5.74, 6) is 0.270. The first-order chi connectivity index (χ1) is 15.8. The molecule has 190 valence electrons. The fraction of sp³-hybridized carbons (Fsp3) is 0.857. The van der Waals surface area contributed by atoms with E-state index in [9.17, 15) is 14.7 Å². The zero-order chi connectivity index (χ0) is 24.8. The summed E-state index contributed by atoms with van der Waals surface area (Å²) in [5, 5.41) is 10.6. The minimum absolute atomic E-state index is 0.0345. The molecule has 0 bridgehead atoms. The SMILES string of the molecule is CO[C@H]1C[C@H]2[C@]3(C)CC[C@H]4C(C)(C)CCC[C@]4(C)[C@H]3C[C@@H](OC(C)=O)[C@]2(C)C2=C1[C@@H](O)OC2=O. The van der Waals surface area contributed by atoms with E-state index in [0.717, 1.165) is 12.8 Å². The van der Waals surface area contributed by atoms with E-state index in [1.807, 2.05) is 0 Å². The Labute approximate surface area is 203 Å². The summed E-state index contributed by atoms with van der Waals surface area (Å²) in [4.78, 5) is 25.5. The number of carbonyl (C=O) groups excluding carboxylic acids is 2. The molecule has 1 aliphatic heterocycles.